The zero-order valence-corrected chi connectivity index (χ0v) is 18.1. The minimum atomic E-state index is -3.31. The molecule has 1 heterocycles. The Morgan fingerprint density at radius 2 is 1.67 bits per heavy atom. The van der Waals surface area contributed by atoms with Crippen molar-refractivity contribution in [2.45, 2.75) is 31.6 Å². The van der Waals surface area contributed by atoms with E-state index in [1.165, 1.54) is 6.07 Å². The number of nitrogens with zero attached hydrogens (tertiary/aromatic N) is 1. The fraction of sp³-hybridized carbons (Fsp3) is 0.304. The normalized spacial score (nSPS) is 11.8. The molecule has 160 valence electrons. The van der Waals surface area contributed by atoms with Gasteiger partial charge >= 0.3 is 0 Å². The number of ether oxygens (including phenoxy) is 1. The standard InChI is InChI=1S/C23H25F2NO3S/c1-4-12-29-13-11-18-14-23(17-5-8-20(9-6-17)30(3,27)28)26(16(18)2)19-7-10-21(24)22(25)15-19/h5-10,14-15H,4,11-13H2,1-3H3. The maximum atomic E-state index is 13.9. The molecule has 3 aromatic rings. The zero-order valence-electron chi connectivity index (χ0n) is 17.3. The maximum absolute atomic E-state index is 13.9. The van der Waals surface area contributed by atoms with Gasteiger partial charge in [-0.1, -0.05) is 19.1 Å². The summed E-state index contributed by atoms with van der Waals surface area (Å²) in [7, 11) is -3.31. The lowest BCUT2D eigenvalue weighted by molar-refractivity contribution is 0.138. The largest absolute Gasteiger partial charge is 0.381 e. The van der Waals surface area contributed by atoms with Crippen molar-refractivity contribution in [2.24, 2.45) is 0 Å². The highest BCUT2D eigenvalue weighted by Gasteiger charge is 2.17. The van der Waals surface area contributed by atoms with Crippen LogP contribution in [0.25, 0.3) is 16.9 Å². The minimum absolute atomic E-state index is 0.224. The van der Waals surface area contributed by atoms with Crippen LogP contribution in [-0.2, 0) is 21.0 Å². The van der Waals surface area contributed by atoms with Gasteiger partial charge in [-0.3, -0.25) is 0 Å². The summed E-state index contributed by atoms with van der Waals surface area (Å²) in [6.45, 7) is 5.21. The molecule has 30 heavy (non-hydrogen) atoms. The lowest BCUT2D eigenvalue weighted by atomic mass is 10.1. The second kappa shape index (κ2) is 9.10. The molecule has 0 atom stereocenters. The van der Waals surface area contributed by atoms with Gasteiger partial charge in [-0.25, -0.2) is 17.2 Å². The van der Waals surface area contributed by atoms with Crippen LogP contribution in [0.5, 0.6) is 0 Å². The molecule has 0 aliphatic heterocycles. The van der Waals surface area contributed by atoms with Gasteiger partial charge in [0.25, 0.3) is 0 Å². The topological polar surface area (TPSA) is 48.3 Å². The van der Waals surface area contributed by atoms with Crippen molar-refractivity contribution in [3.8, 4) is 16.9 Å². The summed E-state index contributed by atoms with van der Waals surface area (Å²) in [6.07, 6.45) is 2.77. The van der Waals surface area contributed by atoms with Crippen LogP contribution in [0.3, 0.4) is 0 Å². The Bertz CT molecular complexity index is 1140. The van der Waals surface area contributed by atoms with Crippen LogP contribution in [-0.4, -0.2) is 32.5 Å². The molecule has 0 aliphatic carbocycles. The molecule has 0 saturated carbocycles. The van der Waals surface area contributed by atoms with Crippen molar-refractivity contribution in [3.63, 3.8) is 0 Å². The monoisotopic (exact) mass is 433 g/mol. The van der Waals surface area contributed by atoms with E-state index in [0.29, 0.717) is 25.3 Å². The van der Waals surface area contributed by atoms with E-state index >= 15 is 0 Å². The lowest BCUT2D eigenvalue weighted by Gasteiger charge is -2.13. The molecule has 0 unspecified atom stereocenters. The molecule has 1 aromatic heterocycles. The summed E-state index contributed by atoms with van der Waals surface area (Å²) in [5.41, 5.74) is 3.95. The predicted molar refractivity (Wildman–Crippen MR) is 114 cm³/mol. The van der Waals surface area contributed by atoms with E-state index in [9.17, 15) is 17.2 Å². The number of hydrogen-bond acceptors (Lipinski definition) is 3. The number of aromatic nitrogens is 1. The summed E-state index contributed by atoms with van der Waals surface area (Å²) in [6, 6.07) is 12.3. The van der Waals surface area contributed by atoms with Gasteiger partial charge in [0.05, 0.1) is 17.2 Å². The first-order chi connectivity index (χ1) is 14.2. The van der Waals surface area contributed by atoms with Crippen LogP contribution in [0.2, 0.25) is 0 Å². The van der Waals surface area contributed by atoms with Gasteiger partial charge in [-0.15, -0.1) is 0 Å². The highest BCUT2D eigenvalue weighted by Crippen LogP contribution is 2.31. The molecule has 2 aromatic carbocycles. The zero-order chi connectivity index (χ0) is 21.9. The third-order valence-electron chi connectivity index (χ3n) is 4.96. The highest BCUT2D eigenvalue weighted by atomic mass is 32.2. The Labute approximate surface area is 176 Å². The van der Waals surface area contributed by atoms with E-state index in [1.54, 1.807) is 24.3 Å². The Hall–Kier alpha value is -2.51. The summed E-state index contributed by atoms with van der Waals surface area (Å²) in [4.78, 5) is 0.224. The molecular weight excluding hydrogens is 408 g/mol. The molecule has 0 spiro atoms. The number of benzene rings is 2. The smallest absolute Gasteiger partial charge is 0.175 e. The van der Waals surface area contributed by atoms with Gasteiger partial charge in [0.1, 0.15) is 0 Å². The molecule has 0 amide bonds. The number of hydrogen-bond donors (Lipinski definition) is 0. The fourth-order valence-corrected chi connectivity index (χ4v) is 4.01. The second-order valence-electron chi connectivity index (χ2n) is 7.23. The molecule has 7 heteroatoms. The summed E-state index contributed by atoms with van der Waals surface area (Å²) < 4.78 is 58.4. The van der Waals surface area contributed by atoms with Gasteiger partial charge in [0.2, 0.25) is 0 Å². The quantitative estimate of drug-likeness (QED) is 0.464. The van der Waals surface area contributed by atoms with Crippen LogP contribution < -0.4 is 0 Å². The van der Waals surface area contributed by atoms with Gasteiger partial charge in [0.15, 0.2) is 21.5 Å². The molecule has 0 N–H and O–H groups in total. The van der Waals surface area contributed by atoms with Crippen LogP contribution >= 0.6 is 0 Å². The first kappa shape index (κ1) is 22.2. The van der Waals surface area contributed by atoms with Gasteiger partial charge in [-0.05, 0) is 61.2 Å². The van der Waals surface area contributed by atoms with E-state index in [-0.39, 0.29) is 4.90 Å². The van der Waals surface area contributed by atoms with Crippen LogP contribution in [0, 0.1) is 18.6 Å². The summed E-state index contributed by atoms with van der Waals surface area (Å²) in [5.74, 6) is -1.83. The number of halogens is 2. The van der Waals surface area contributed by atoms with E-state index in [2.05, 4.69) is 0 Å². The fourth-order valence-electron chi connectivity index (χ4n) is 3.38. The van der Waals surface area contributed by atoms with E-state index in [1.807, 2.05) is 24.5 Å². The highest BCUT2D eigenvalue weighted by molar-refractivity contribution is 7.90. The van der Waals surface area contributed by atoms with Crippen molar-refractivity contribution in [3.05, 3.63) is 71.4 Å². The molecule has 0 radical (unpaired) electrons. The molecule has 0 fully saturated rings. The Balaban J connectivity index is 2.08. The first-order valence-electron chi connectivity index (χ1n) is 9.77. The van der Waals surface area contributed by atoms with Crippen LogP contribution in [0.15, 0.2) is 53.4 Å². The maximum Gasteiger partial charge on any atom is 0.175 e. The van der Waals surface area contributed by atoms with Gasteiger partial charge in [0, 0.05) is 30.3 Å². The third kappa shape index (κ3) is 4.79. The van der Waals surface area contributed by atoms with E-state index in [4.69, 9.17) is 4.74 Å². The molecule has 0 saturated heterocycles. The van der Waals surface area contributed by atoms with Gasteiger partial charge in [-0.2, -0.15) is 0 Å². The van der Waals surface area contributed by atoms with Crippen LogP contribution in [0.4, 0.5) is 8.78 Å². The first-order valence-corrected chi connectivity index (χ1v) is 11.7. The predicted octanol–water partition coefficient (Wildman–Crippen LogP) is 5.10. The minimum Gasteiger partial charge on any atom is -0.381 e. The van der Waals surface area contributed by atoms with Crippen molar-refractivity contribution >= 4 is 9.84 Å². The Morgan fingerprint density at radius 1 is 0.967 bits per heavy atom. The molecular formula is C23H25F2NO3S. The molecule has 4 nitrogen and oxygen atoms in total. The van der Waals surface area contributed by atoms with Crippen molar-refractivity contribution in [2.75, 3.05) is 19.5 Å². The van der Waals surface area contributed by atoms with Crippen molar-refractivity contribution < 1.29 is 21.9 Å². The lowest BCUT2D eigenvalue weighted by Crippen LogP contribution is -2.03. The number of sulfone groups is 1. The summed E-state index contributed by atoms with van der Waals surface area (Å²) in [5, 5.41) is 0. The van der Waals surface area contributed by atoms with E-state index in [0.717, 1.165) is 47.3 Å². The average molecular weight is 434 g/mol. The molecule has 0 bridgehead atoms. The third-order valence-corrected chi connectivity index (χ3v) is 6.08. The van der Waals surface area contributed by atoms with Crippen LogP contribution in [0.1, 0.15) is 24.6 Å². The Morgan fingerprint density at radius 3 is 2.27 bits per heavy atom. The Kier molecular flexibility index (Phi) is 6.73. The molecule has 0 aliphatic rings. The average Bonchev–Trinajstić information content (AvgIpc) is 3.03. The van der Waals surface area contributed by atoms with Gasteiger partial charge < -0.3 is 9.30 Å². The van der Waals surface area contributed by atoms with Crippen molar-refractivity contribution in [1.82, 2.24) is 4.57 Å². The second-order valence-corrected chi connectivity index (χ2v) is 9.25. The molecule has 3 rings (SSSR count). The summed E-state index contributed by atoms with van der Waals surface area (Å²) >= 11 is 0. The SMILES string of the molecule is CCCOCCc1cc(-c2ccc(S(C)(=O)=O)cc2)n(-c2ccc(F)c(F)c2)c1C. The van der Waals surface area contributed by atoms with E-state index < -0.39 is 21.5 Å². The van der Waals surface area contributed by atoms with Crippen molar-refractivity contribution in [1.29, 1.82) is 0 Å². The number of rotatable bonds is 8.